The quantitative estimate of drug-likeness (QED) is 0.910. The van der Waals surface area contributed by atoms with Crippen molar-refractivity contribution in [3.05, 3.63) is 53.8 Å². The maximum absolute atomic E-state index is 13.7. The Kier molecular flexibility index (Phi) is 4.18. The molecule has 0 fully saturated rings. The number of nitrogens with one attached hydrogen (secondary N) is 1. The zero-order chi connectivity index (χ0) is 15.6. The number of aromatic hydroxyl groups is 1. The van der Waals surface area contributed by atoms with Gasteiger partial charge < -0.3 is 10.4 Å². The van der Waals surface area contributed by atoms with Gasteiger partial charge in [-0.2, -0.15) is 0 Å². The van der Waals surface area contributed by atoms with Crippen LogP contribution in [0.1, 0.15) is 18.5 Å². The van der Waals surface area contributed by atoms with E-state index >= 15 is 0 Å². The Bertz CT molecular complexity index is 742. The molecule has 0 saturated heterocycles. The summed E-state index contributed by atoms with van der Waals surface area (Å²) in [6.07, 6.45) is 1.14. The molecular weight excluding hydrogens is 293 g/mol. The fourth-order valence-electron chi connectivity index (χ4n) is 1.99. The van der Waals surface area contributed by atoms with Gasteiger partial charge in [0.2, 0.25) is 0 Å². The van der Waals surface area contributed by atoms with Gasteiger partial charge in [-0.25, -0.2) is 12.8 Å². The second-order valence-corrected chi connectivity index (χ2v) is 6.88. The molecule has 21 heavy (non-hydrogen) atoms. The number of phenols is 1. The van der Waals surface area contributed by atoms with Crippen molar-refractivity contribution in [2.45, 2.75) is 17.9 Å². The molecular formula is C15H16FNO3S. The Labute approximate surface area is 123 Å². The smallest absolute Gasteiger partial charge is 0.175 e. The molecule has 0 bridgehead atoms. The monoisotopic (exact) mass is 309 g/mol. The zero-order valence-electron chi connectivity index (χ0n) is 11.7. The van der Waals surface area contributed by atoms with E-state index in [-0.39, 0.29) is 16.7 Å². The van der Waals surface area contributed by atoms with Crippen LogP contribution < -0.4 is 5.32 Å². The first-order valence-electron chi connectivity index (χ1n) is 6.32. The molecule has 2 aromatic carbocycles. The normalized spacial score (nSPS) is 12.9. The van der Waals surface area contributed by atoms with Gasteiger partial charge in [0.1, 0.15) is 11.6 Å². The SMILES string of the molecule is CC(Nc1ccc(S(C)(=O)=O)cc1)c1ccc(O)cc1F. The van der Waals surface area contributed by atoms with Crippen LogP contribution >= 0.6 is 0 Å². The second kappa shape index (κ2) is 5.73. The topological polar surface area (TPSA) is 66.4 Å². The molecule has 2 rings (SSSR count). The van der Waals surface area contributed by atoms with Gasteiger partial charge in [-0.3, -0.25) is 0 Å². The van der Waals surface area contributed by atoms with Crippen LogP contribution in [0.25, 0.3) is 0 Å². The number of hydrogen-bond acceptors (Lipinski definition) is 4. The molecule has 0 aliphatic heterocycles. The van der Waals surface area contributed by atoms with Gasteiger partial charge in [-0.15, -0.1) is 0 Å². The number of halogens is 1. The highest BCUT2D eigenvalue weighted by Crippen LogP contribution is 2.25. The molecule has 0 amide bonds. The first-order chi connectivity index (χ1) is 9.77. The highest BCUT2D eigenvalue weighted by molar-refractivity contribution is 7.90. The van der Waals surface area contributed by atoms with E-state index in [1.165, 1.54) is 24.3 Å². The second-order valence-electron chi connectivity index (χ2n) is 4.87. The van der Waals surface area contributed by atoms with Gasteiger partial charge in [-0.1, -0.05) is 6.07 Å². The molecule has 0 aromatic heterocycles. The molecule has 2 N–H and O–H groups in total. The number of hydrogen-bond donors (Lipinski definition) is 2. The van der Waals surface area contributed by atoms with Crippen LogP contribution in [0.15, 0.2) is 47.4 Å². The lowest BCUT2D eigenvalue weighted by atomic mass is 10.1. The van der Waals surface area contributed by atoms with Gasteiger partial charge in [0.25, 0.3) is 0 Å². The van der Waals surface area contributed by atoms with E-state index in [9.17, 15) is 17.9 Å². The molecule has 6 heteroatoms. The molecule has 4 nitrogen and oxygen atoms in total. The minimum atomic E-state index is -3.23. The van der Waals surface area contributed by atoms with Crippen LogP contribution in [0.3, 0.4) is 0 Å². The maximum Gasteiger partial charge on any atom is 0.175 e. The lowest BCUT2D eigenvalue weighted by Gasteiger charge is -2.16. The predicted octanol–water partition coefficient (Wildman–Crippen LogP) is 3.11. The van der Waals surface area contributed by atoms with Crippen molar-refractivity contribution in [2.24, 2.45) is 0 Å². The molecule has 1 atom stereocenters. The third-order valence-electron chi connectivity index (χ3n) is 3.12. The highest BCUT2D eigenvalue weighted by Gasteiger charge is 2.12. The van der Waals surface area contributed by atoms with Crippen molar-refractivity contribution < 1.29 is 17.9 Å². The summed E-state index contributed by atoms with van der Waals surface area (Å²) in [4.78, 5) is 0.233. The van der Waals surface area contributed by atoms with E-state index in [1.807, 2.05) is 0 Å². The summed E-state index contributed by atoms with van der Waals surface area (Å²) in [6.45, 7) is 1.78. The summed E-state index contributed by atoms with van der Waals surface area (Å²) in [5.41, 5.74) is 1.10. The third kappa shape index (κ3) is 3.72. The van der Waals surface area contributed by atoms with E-state index < -0.39 is 15.7 Å². The molecule has 0 heterocycles. The Morgan fingerprint density at radius 2 is 1.76 bits per heavy atom. The van der Waals surface area contributed by atoms with Crippen molar-refractivity contribution in [1.29, 1.82) is 0 Å². The van der Waals surface area contributed by atoms with Crippen LogP contribution in [-0.2, 0) is 9.84 Å². The molecule has 0 saturated carbocycles. The number of benzene rings is 2. The summed E-state index contributed by atoms with van der Waals surface area (Å²) in [7, 11) is -3.23. The van der Waals surface area contributed by atoms with Gasteiger partial charge in [0.05, 0.1) is 10.9 Å². The van der Waals surface area contributed by atoms with Gasteiger partial charge in [0.15, 0.2) is 9.84 Å². The van der Waals surface area contributed by atoms with E-state index in [0.717, 1.165) is 12.3 Å². The Hall–Kier alpha value is -2.08. The molecule has 2 aromatic rings. The van der Waals surface area contributed by atoms with Crippen LogP contribution in [-0.4, -0.2) is 19.8 Å². The molecule has 0 radical (unpaired) electrons. The molecule has 0 spiro atoms. The Balaban J connectivity index is 2.18. The Morgan fingerprint density at radius 1 is 1.14 bits per heavy atom. The molecule has 0 aliphatic rings. The fourth-order valence-corrected chi connectivity index (χ4v) is 2.62. The lowest BCUT2D eigenvalue weighted by Crippen LogP contribution is -2.08. The Morgan fingerprint density at radius 3 is 2.29 bits per heavy atom. The standard InChI is InChI=1S/C15H16FNO3S/c1-10(14-8-5-12(18)9-15(14)16)17-11-3-6-13(7-4-11)21(2,19)20/h3-10,17-18H,1-2H3. The fraction of sp³-hybridized carbons (Fsp3) is 0.200. The van der Waals surface area contributed by atoms with E-state index in [1.54, 1.807) is 19.1 Å². The summed E-state index contributed by atoms with van der Waals surface area (Å²) in [6, 6.07) is 9.91. The van der Waals surface area contributed by atoms with Crippen molar-refractivity contribution in [1.82, 2.24) is 0 Å². The van der Waals surface area contributed by atoms with E-state index in [4.69, 9.17) is 0 Å². The first-order valence-corrected chi connectivity index (χ1v) is 8.21. The van der Waals surface area contributed by atoms with Gasteiger partial charge in [-0.05, 0) is 37.3 Å². The summed E-state index contributed by atoms with van der Waals surface area (Å²) in [5.74, 6) is -0.622. The van der Waals surface area contributed by atoms with Gasteiger partial charge >= 0.3 is 0 Å². The van der Waals surface area contributed by atoms with Crippen molar-refractivity contribution in [3.63, 3.8) is 0 Å². The number of sulfone groups is 1. The summed E-state index contributed by atoms with van der Waals surface area (Å²) in [5, 5.41) is 12.3. The number of rotatable bonds is 4. The average Bonchev–Trinajstić information content (AvgIpc) is 2.38. The zero-order valence-corrected chi connectivity index (χ0v) is 12.5. The van der Waals surface area contributed by atoms with Crippen LogP contribution in [0.5, 0.6) is 5.75 Å². The number of phenolic OH excluding ortho intramolecular Hbond substituents is 1. The lowest BCUT2D eigenvalue weighted by molar-refractivity contribution is 0.467. The van der Waals surface area contributed by atoms with Crippen LogP contribution in [0.4, 0.5) is 10.1 Å². The first kappa shape index (κ1) is 15.3. The molecule has 0 aliphatic carbocycles. The van der Waals surface area contributed by atoms with E-state index in [2.05, 4.69) is 5.32 Å². The van der Waals surface area contributed by atoms with Gasteiger partial charge in [0, 0.05) is 23.6 Å². The summed E-state index contributed by atoms with van der Waals surface area (Å²) >= 11 is 0. The van der Waals surface area contributed by atoms with Crippen LogP contribution in [0.2, 0.25) is 0 Å². The molecule has 112 valence electrons. The highest BCUT2D eigenvalue weighted by atomic mass is 32.2. The van der Waals surface area contributed by atoms with E-state index in [0.29, 0.717) is 11.3 Å². The predicted molar refractivity (Wildman–Crippen MR) is 79.7 cm³/mol. The van der Waals surface area contributed by atoms with Crippen molar-refractivity contribution >= 4 is 15.5 Å². The minimum absolute atomic E-state index is 0.124. The van der Waals surface area contributed by atoms with Crippen molar-refractivity contribution in [3.8, 4) is 5.75 Å². The van der Waals surface area contributed by atoms with Crippen LogP contribution in [0, 0.1) is 5.82 Å². The molecule has 1 unspecified atom stereocenters. The number of anilines is 1. The largest absolute Gasteiger partial charge is 0.508 e. The minimum Gasteiger partial charge on any atom is -0.508 e. The average molecular weight is 309 g/mol. The third-order valence-corrected chi connectivity index (χ3v) is 4.24. The summed E-state index contributed by atoms with van der Waals surface area (Å²) < 4.78 is 36.5. The maximum atomic E-state index is 13.7. The van der Waals surface area contributed by atoms with Crippen molar-refractivity contribution in [2.75, 3.05) is 11.6 Å².